The van der Waals surface area contributed by atoms with E-state index in [1.165, 1.54) is 11.2 Å². The quantitative estimate of drug-likeness (QED) is 0.306. The van der Waals surface area contributed by atoms with Gasteiger partial charge in [0.25, 0.3) is 11.7 Å². The minimum Gasteiger partial charge on any atom is -0.507 e. The number of aliphatic hydroxyl groups is 1. The van der Waals surface area contributed by atoms with Crippen LogP contribution in [0.4, 0.5) is 0 Å². The van der Waals surface area contributed by atoms with E-state index < -0.39 is 17.7 Å². The lowest BCUT2D eigenvalue weighted by Crippen LogP contribution is -2.29. The number of methoxy groups -OCH3 is 1. The highest BCUT2D eigenvalue weighted by Gasteiger charge is 2.46. The number of ether oxygens (including phenoxy) is 2. The van der Waals surface area contributed by atoms with E-state index in [9.17, 15) is 14.7 Å². The first kappa shape index (κ1) is 22.2. The van der Waals surface area contributed by atoms with E-state index >= 15 is 0 Å². The summed E-state index contributed by atoms with van der Waals surface area (Å²) in [5, 5.41) is 11.1. The smallest absolute Gasteiger partial charge is 0.296 e. The van der Waals surface area contributed by atoms with E-state index in [1.54, 1.807) is 55.6 Å². The molecule has 1 saturated heterocycles. The van der Waals surface area contributed by atoms with Crippen LogP contribution < -0.4 is 9.47 Å². The number of carbonyl (C=O) groups is 2. The number of nitrogens with zero attached hydrogens (tertiary/aromatic N) is 1. The highest BCUT2D eigenvalue weighted by molar-refractivity contribution is 6.46. The van der Waals surface area contributed by atoms with E-state index in [2.05, 4.69) is 0 Å². The third kappa shape index (κ3) is 4.48. The average Bonchev–Trinajstić information content (AvgIpc) is 3.45. The maximum atomic E-state index is 13.1. The van der Waals surface area contributed by atoms with Crippen LogP contribution in [0.25, 0.3) is 5.76 Å². The maximum absolute atomic E-state index is 13.1. The summed E-state index contributed by atoms with van der Waals surface area (Å²) in [7, 11) is 1.54. The Morgan fingerprint density at radius 2 is 1.85 bits per heavy atom. The van der Waals surface area contributed by atoms with Gasteiger partial charge in [-0.25, -0.2) is 0 Å². The summed E-state index contributed by atoms with van der Waals surface area (Å²) in [5.41, 5.74) is 1.09. The van der Waals surface area contributed by atoms with E-state index in [1.807, 2.05) is 19.1 Å². The van der Waals surface area contributed by atoms with Crippen molar-refractivity contribution in [2.75, 3.05) is 13.7 Å². The fourth-order valence-electron chi connectivity index (χ4n) is 3.86. The van der Waals surface area contributed by atoms with Gasteiger partial charge in [0.2, 0.25) is 0 Å². The molecule has 0 radical (unpaired) electrons. The highest BCUT2D eigenvalue weighted by atomic mass is 16.5. The molecule has 1 unspecified atom stereocenters. The third-order valence-corrected chi connectivity index (χ3v) is 5.46. The molecular formula is C26H25NO6. The fourth-order valence-corrected chi connectivity index (χ4v) is 3.86. The third-order valence-electron chi connectivity index (χ3n) is 5.46. The van der Waals surface area contributed by atoms with E-state index in [0.717, 1.165) is 6.42 Å². The molecule has 7 heteroatoms. The number of rotatable bonds is 8. The first-order chi connectivity index (χ1) is 16.0. The summed E-state index contributed by atoms with van der Waals surface area (Å²) < 4.78 is 16.4. The molecule has 0 saturated carbocycles. The normalized spacial score (nSPS) is 17.4. The number of ketones is 1. The van der Waals surface area contributed by atoms with Crippen LogP contribution in [0.2, 0.25) is 0 Å². The van der Waals surface area contributed by atoms with Crippen molar-refractivity contribution in [1.82, 2.24) is 4.90 Å². The van der Waals surface area contributed by atoms with Gasteiger partial charge < -0.3 is 23.9 Å². The largest absolute Gasteiger partial charge is 0.507 e. The molecule has 1 aliphatic heterocycles. The van der Waals surface area contributed by atoms with Crippen molar-refractivity contribution in [2.45, 2.75) is 25.9 Å². The molecule has 0 bridgehead atoms. The molecule has 1 aliphatic rings. The highest BCUT2D eigenvalue weighted by Crippen LogP contribution is 2.41. The Kier molecular flexibility index (Phi) is 6.49. The van der Waals surface area contributed by atoms with Gasteiger partial charge >= 0.3 is 0 Å². The number of likely N-dealkylation sites (tertiary alicyclic amines) is 1. The van der Waals surface area contributed by atoms with Crippen molar-refractivity contribution in [1.29, 1.82) is 0 Å². The number of aliphatic hydroxyl groups excluding tert-OH is 1. The monoisotopic (exact) mass is 447 g/mol. The number of hydrogen-bond donors (Lipinski definition) is 1. The molecule has 3 aromatic rings. The Morgan fingerprint density at radius 3 is 2.52 bits per heavy atom. The molecule has 1 atom stereocenters. The van der Waals surface area contributed by atoms with E-state index in [-0.39, 0.29) is 17.9 Å². The second-order valence-corrected chi connectivity index (χ2v) is 7.66. The van der Waals surface area contributed by atoms with Gasteiger partial charge in [-0.05, 0) is 60.5 Å². The average molecular weight is 447 g/mol. The van der Waals surface area contributed by atoms with Crippen LogP contribution in [0.15, 0.2) is 76.9 Å². The molecule has 1 N–H and O–H groups in total. The molecule has 170 valence electrons. The van der Waals surface area contributed by atoms with Gasteiger partial charge in [-0.3, -0.25) is 9.59 Å². The molecule has 0 spiro atoms. The number of amides is 1. The van der Waals surface area contributed by atoms with Crippen LogP contribution in [0.5, 0.6) is 11.5 Å². The zero-order valence-corrected chi connectivity index (χ0v) is 18.5. The molecule has 0 aliphatic carbocycles. The zero-order valence-electron chi connectivity index (χ0n) is 18.5. The van der Waals surface area contributed by atoms with Crippen LogP contribution in [-0.2, 0) is 16.1 Å². The molecule has 1 fully saturated rings. The fraction of sp³-hybridized carbons (Fsp3) is 0.231. The Labute approximate surface area is 191 Å². The lowest BCUT2D eigenvalue weighted by molar-refractivity contribution is -0.140. The minimum atomic E-state index is -0.803. The number of furan rings is 1. The predicted molar refractivity (Wildman–Crippen MR) is 122 cm³/mol. The molecule has 4 rings (SSSR count). The van der Waals surface area contributed by atoms with Crippen molar-refractivity contribution in [3.8, 4) is 11.5 Å². The number of benzene rings is 2. The number of carbonyl (C=O) groups excluding carboxylic acids is 2. The Morgan fingerprint density at radius 1 is 1.06 bits per heavy atom. The summed E-state index contributed by atoms with van der Waals surface area (Å²) in [6, 6.07) is 16.5. The molecular weight excluding hydrogens is 422 g/mol. The molecule has 7 nitrogen and oxygen atoms in total. The first-order valence-electron chi connectivity index (χ1n) is 10.7. The Balaban J connectivity index is 1.82. The van der Waals surface area contributed by atoms with Gasteiger partial charge in [-0.15, -0.1) is 0 Å². The number of hydrogen-bond acceptors (Lipinski definition) is 6. The summed E-state index contributed by atoms with van der Waals surface area (Å²) in [5.74, 6) is 0.0724. The lowest BCUT2D eigenvalue weighted by Gasteiger charge is -2.25. The summed E-state index contributed by atoms with van der Waals surface area (Å²) in [6.07, 6.45) is 2.36. The Hall–Kier alpha value is -4.00. The van der Waals surface area contributed by atoms with Crippen molar-refractivity contribution >= 4 is 17.4 Å². The molecule has 2 aromatic carbocycles. The van der Waals surface area contributed by atoms with Crippen LogP contribution >= 0.6 is 0 Å². The van der Waals surface area contributed by atoms with E-state index in [0.29, 0.717) is 35.0 Å². The van der Waals surface area contributed by atoms with E-state index in [4.69, 9.17) is 13.9 Å². The van der Waals surface area contributed by atoms with Gasteiger partial charge in [-0.1, -0.05) is 19.1 Å². The molecule has 1 amide bonds. The number of Topliss-reactive ketones (excluding diaryl/α,β-unsaturated/α-hetero) is 1. The van der Waals surface area contributed by atoms with Crippen LogP contribution in [0.3, 0.4) is 0 Å². The summed E-state index contributed by atoms with van der Waals surface area (Å²) in [4.78, 5) is 27.6. The predicted octanol–water partition coefficient (Wildman–Crippen LogP) is 4.70. The van der Waals surface area contributed by atoms with Gasteiger partial charge in [0, 0.05) is 5.56 Å². The second kappa shape index (κ2) is 9.65. The zero-order chi connectivity index (χ0) is 23.4. The molecule has 33 heavy (non-hydrogen) atoms. The van der Waals surface area contributed by atoms with Crippen LogP contribution in [0.1, 0.15) is 36.3 Å². The topological polar surface area (TPSA) is 89.2 Å². The minimum absolute atomic E-state index is 0.0179. The van der Waals surface area contributed by atoms with Crippen LogP contribution in [0, 0.1) is 0 Å². The molecule has 1 aromatic heterocycles. The van der Waals surface area contributed by atoms with Crippen molar-refractivity contribution < 1.29 is 28.6 Å². The van der Waals surface area contributed by atoms with Gasteiger partial charge in [0.05, 0.1) is 38.1 Å². The van der Waals surface area contributed by atoms with Crippen molar-refractivity contribution in [3.63, 3.8) is 0 Å². The lowest BCUT2D eigenvalue weighted by atomic mass is 9.95. The first-order valence-corrected chi connectivity index (χ1v) is 10.7. The van der Waals surface area contributed by atoms with Crippen LogP contribution in [-0.4, -0.2) is 35.4 Å². The van der Waals surface area contributed by atoms with Gasteiger partial charge in [0.15, 0.2) is 0 Å². The van der Waals surface area contributed by atoms with Crippen molar-refractivity contribution in [3.05, 3.63) is 89.4 Å². The van der Waals surface area contributed by atoms with Gasteiger partial charge in [-0.2, -0.15) is 0 Å². The summed E-state index contributed by atoms with van der Waals surface area (Å²) in [6.45, 7) is 2.64. The Bertz CT molecular complexity index is 1160. The summed E-state index contributed by atoms with van der Waals surface area (Å²) >= 11 is 0. The molecule has 2 heterocycles. The van der Waals surface area contributed by atoms with Crippen molar-refractivity contribution in [2.24, 2.45) is 0 Å². The van der Waals surface area contributed by atoms with Gasteiger partial charge in [0.1, 0.15) is 23.0 Å². The standard InChI is InChI=1S/C26H25NO6/c1-3-13-32-20-7-4-6-18(15-20)23-22(24(28)17-9-11-19(31-2)12-10-17)25(29)26(30)27(23)16-21-8-5-14-33-21/h4-12,14-15,23,28H,3,13,16H2,1-2H3/b24-22+. The second-order valence-electron chi connectivity index (χ2n) is 7.66. The maximum Gasteiger partial charge on any atom is 0.296 e. The SMILES string of the molecule is CCCOc1cccc(C2/C(=C(\O)c3ccc(OC)cc3)C(=O)C(=O)N2Cc2ccco2)c1.